The molecule has 5 unspecified atom stereocenters. The van der Waals surface area contributed by atoms with E-state index in [0.29, 0.717) is 25.7 Å². The van der Waals surface area contributed by atoms with E-state index in [0.717, 1.165) is 42.7 Å². The van der Waals surface area contributed by atoms with E-state index in [-0.39, 0.29) is 29.6 Å². The first-order valence-corrected chi connectivity index (χ1v) is 9.63. The molecular weight excluding hydrogens is 332 g/mol. The number of primary amides is 1. The van der Waals surface area contributed by atoms with Gasteiger partial charge in [0.1, 0.15) is 19.3 Å². The molecule has 0 aromatic heterocycles. The van der Waals surface area contributed by atoms with Gasteiger partial charge >= 0.3 is 0 Å². The van der Waals surface area contributed by atoms with E-state index >= 15 is 0 Å². The fraction of sp³-hybridized carbons (Fsp3) is 0.600. The summed E-state index contributed by atoms with van der Waals surface area (Å²) >= 11 is 0. The van der Waals surface area contributed by atoms with Crippen LogP contribution in [0.5, 0.6) is 11.5 Å². The second kappa shape index (κ2) is 5.89. The van der Waals surface area contributed by atoms with Crippen molar-refractivity contribution in [3.05, 3.63) is 23.8 Å². The summed E-state index contributed by atoms with van der Waals surface area (Å²) in [6, 6.07) is 5.54. The van der Waals surface area contributed by atoms with Crippen LogP contribution in [0.25, 0.3) is 0 Å². The van der Waals surface area contributed by atoms with Gasteiger partial charge in [-0.2, -0.15) is 0 Å². The molecule has 0 bridgehead atoms. The largest absolute Gasteiger partial charge is 0.486 e. The van der Waals surface area contributed by atoms with E-state index < -0.39 is 6.04 Å². The van der Waals surface area contributed by atoms with Gasteiger partial charge in [-0.05, 0) is 54.7 Å². The fourth-order valence-corrected chi connectivity index (χ4v) is 5.24. The van der Waals surface area contributed by atoms with Gasteiger partial charge in [-0.1, -0.05) is 12.5 Å². The van der Waals surface area contributed by atoms with E-state index in [9.17, 15) is 9.59 Å². The van der Waals surface area contributed by atoms with Crippen molar-refractivity contribution in [2.24, 2.45) is 23.5 Å². The lowest BCUT2D eigenvalue weighted by Crippen LogP contribution is -2.47. The molecule has 4 aliphatic rings. The first kappa shape index (κ1) is 16.0. The lowest BCUT2D eigenvalue weighted by Gasteiger charge is -2.25. The molecule has 26 heavy (non-hydrogen) atoms. The SMILES string of the molecule is NC(=O)C1C2CCCC2CN1C(=O)C1CC1c1ccc2c(c1)OCCO2. The van der Waals surface area contributed by atoms with Crippen LogP contribution >= 0.6 is 0 Å². The molecule has 2 saturated carbocycles. The van der Waals surface area contributed by atoms with Gasteiger partial charge in [0.2, 0.25) is 11.8 Å². The number of rotatable bonds is 3. The number of hydrogen-bond acceptors (Lipinski definition) is 4. The number of carbonyl (C=O) groups excluding carboxylic acids is 2. The second-order valence-electron chi connectivity index (χ2n) is 8.04. The normalized spacial score (nSPS) is 34.5. The highest BCUT2D eigenvalue weighted by molar-refractivity contribution is 5.90. The maximum atomic E-state index is 13.1. The Morgan fingerprint density at radius 2 is 1.92 bits per heavy atom. The van der Waals surface area contributed by atoms with Crippen molar-refractivity contribution in [2.45, 2.75) is 37.6 Å². The maximum absolute atomic E-state index is 13.1. The molecule has 5 rings (SSSR count). The fourth-order valence-electron chi connectivity index (χ4n) is 5.24. The molecule has 2 N–H and O–H groups in total. The van der Waals surface area contributed by atoms with Crippen LogP contribution in [0, 0.1) is 17.8 Å². The van der Waals surface area contributed by atoms with Crippen molar-refractivity contribution < 1.29 is 19.1 Å². The average Bonchev–Trinajstić information content (AvgIpc) is 3.17. The molecule has 3 fully saturated rings. The molecular formula is C20H24N2O4. The second-order valence-corrected chi connectivity index (χ2v) is 8.04. The quantitative estimate of drug-likeness (QED) is 0.893. The Bertz CT molecular complexity index is 764. The monoisotopic (exact) mass is 356 g/mol. The van der Waals surface area contributed by atoms with Gasteiger partial charge in [-0.15, -0.1) is 0 Å². The molecule has 1 aromatic carbocycles. The summed E-state index contributed by atoms with van der Waals surface area (Å²) in [4.78, 5) is 26.9. The first-order chi connectivity index (χ1) is 12.6. The van der Waals surface area contributed by atoms with E-state index in [2.05, 4.69) is 0 Å². The number of benzene rings is 1. The highest BCUT2D eigenvalue weighted by Gasteiger charge is 2.53. The number of amides is 2. The van der Waals surface area contributed by atoms with Crippen LogP contribution in [-0.2, 0) is 9.59 Å². The van der Waals surface area contributed by atoms with Crippen molar-refractivity contribution in [1.82, 2.24) is 4.90 Å². The average molecular weight is 356 g/mol. The molecule has 1 saturated heterocycles. The smallest absolute Gasteiger partial charge is 0.240 e. The first-order valence-electron chi connectivity index (χ1n) is 9.63. The number of fused-ring (bicyclic) bond motifs is 2. The van der Waals surface area contributed by atoms with Crippen LogP contribution < -0.4 is 15.2 Å². The summed E-state index contributed by atoms with van der Waals surface area (Å²) in [6.45, 7) is 1.82. The Balaban J connectivity index is 1.32. The van der Waals surface area contributed by atoms with Crippen molar-refractivity contribution in [1.29, 1.82) is 0 Å². The van der Waals surface area contributed by atoms with Crippen LogP contribution in [0.4, 0.5) is 0 Å². The minimum absolute atomic E-state index is 0.0433. The molecule has 0 spiro atoms. The molecule has 2 amide bonds. The van der Waals surface area contributed by atoms with Gasteiger partial charge in [-0.25, -0.2) is 0 Å². The molecule has 6 heteroatoms. The summed E-state index contributed by atoms with van der Waals surface area (Å²) < 4.78 is 11.2. The zero-order chi connectivity index (χ0) is 17.8. The molecule has 1 aromatic rings. The van der Waals surface area contributed by atoms with Gasteiger partial charge < -0.3 is 20.1 Å². The van der Waals surface area contributed by atoms with Crippen molar-refractivity contribution in [3.8, 4) is 11.5 Å². The summed E-state index contributed by atoms with van der Waals surface area (Å²) in [5.74, 6) is 2.16. The van der Waals surface area contributed by atoms with Crippen LogP contribution in [0.1, 0.15) is 37.2 Å². The number of nitrogens with two attached hydrogens (primary N) is 1. The zero-order valence-corrected chi connectivity index (χ0v) is 14.7. The minimum Gasteiger partial charge on any atom is -0.486 e. The minimum atomic E-state index is -0.406. The third kappa shape index (κ3) is 2.46. The van der Waals surface area contributed by atoms with Gasteiger partial charge in [0.15, 0.2) is 11.5 Å². The molecule has 0 radical (unpaired) electrons. The van der Waals surface area contributed by atoms with Gasteiger partial charge in [-0.3, -0.25) is 9.59 Å². The third-order valence-electron chi connectivity index (χ3n) is 6.57. The van der Waals surface area contributed by atoms with Crippen molar-refractivity contribution >= 4 is 11.8 Å². The van der Waals surface area contributed by atoms with Crippen molar-refractivity contribution in [2.75, 3.05) is 19.8 Å². The highest BCUT2D eigenvalue weighted by Crippen LogP contribution is 2.52. The summed E-state index contributed by atoms with van der Waals surface area (Å²) in [5.41, 5.74) is 6.77. The van der Waals surface area contributed by atoms with Crippen LogP contribution in [0.3, 0.4) is 0 Å². The molecule has 5 atom stereocenters. The topological polar surface area (TPSA) is 81.9 Å². The summed E-state index contributed by atoms with van der Waals surface area (Å²) in [6.07, 6.45) is 4.09. The van der Waals surface area contributed by atoms with E-state index in [1.165, 1.54) is 0 Å². The lowest BCUT2D eigenvalue weighted by molar-refractivity contribution is -0.139. The Kier molecular flexibility index (Phi) is 3.62. The molecule has 6 nitrogen and oxygen atoms in total. The third-order valence-corrected chi connectivity index (χ3v) is 6.57. The molecule has 2 aliphatic carbocycles. The van der Waals surface area contributed by atoms with Gasteiger partial charge in [0.05, 0.1) is 0 Å². The Labute approximate surface area is 152 Å². The highest BCUT2D eigenvalue weighted by atomic mass is 16.6. The number of carbonyl (C=O) groups is 2. The van der Waals surface area contributed by atoms with E-state index in [4.69, 9.17) is 15.2 Å². The Morgan fingerprint density at radius 1 is 1.12 bits per heavy atom. The predicted octanol–water partition coefficient (Wildman–Crippen LogP) is 1.67. The zero-order valence-electron chi connectivity index (χ0n) is 14.7. The summed E-state index contributed by atoms with van der Waals surface area (Å²) in [7, 11) is 0. The van der Waals surface area contributed by atoms with Crippen LogP contribution in [-0.4, -0.2) is 42.5 Å². The maximum Gasteiger partial charge on any atom is 0.240 e. The standard InChI is InChI=1S/C20H24N2O4/c21-19(23)18-13-3-1-2-12(13)10-22(18)20(24)15-9-14(15)11-4-5-16-17(8-11)26-7-6-25-16/h4-5,8,12-15,18H,1-3,6-7,9-10H2,(H2,21,23). The van der Waals surface area contributed by atoms with Crippen LogP contribution in [0.2, 0.25) is 0 Å². The van der Waals surface area contributed by atoms with Gasteiger partial charge in [0, 0.05) is 12.5 Å². The number of likely N-dealkylation sites (tertiary alicyclic amines) is 1. The predicted molar refractivity (Wildman–Crippen MR) is 93.8 cm³/mol. The number of nitrogens with zero attached hydrogens (tertiary/aromatic N) is 1. The molecule has 138 valence electrons. The van der Waals surface area contributed by atoms with E-state index in [1.807, 2.05) is 18.2 Å². The molecule has 2 aliphatic heterocycles. The Hall–Kier alpha value is -2.24. The summed E-state index contributed by atoms with van der Waals surface area (Å²) in [5, 5.41) is 0. The van der Waals surface area contributed by atoms with Crippen LogP contribution in [0.15, 0.2) is 18.2 Å². The van der Waals surface area contributed by atoms with E-state index in [1.54, 1.807) is 4.90 Å². The Morgan fingerprint density at radius 3 is 2.73 bits per heavy atom. The number of ether oxygens (including phenoxy) is 2. The number of hydrogen-bond donors (Lipinski definition) is 1. The molecule has 2 heterocycles. The van der Waals surface area contributed by atoms with Crippen molar-refractivity contribution in [3.63, 3.8) is 0 Å². The lowest BCUT2D eigenvalue weighted by atomic mass is 9.93. The van der Waals surface area contributed by atoms with Gasteiger partial charge in [0.25, 0.3) is 0 Å².